The van der Waals surface area contributed by atoms with Crippen LogP contribution in [0.1, 0.15) is 25.5 Å². The summed E-state index contributed by atoms with van der Waals surface area (Å²) in [7, 11) is 0. The fraction of sp³-hybridized carbons (Fsp3) is 0.375. The molecule has 1 aromatic heterocycles. The average molecular weight is 147 g/mol. The van der Waals surface area contributed by atoms with E-state index >= 15 is 0 Å². The fourth-order valence-corrected chi connectivity index (χ4v) is 0.687. The normalized spacial score (nSPS) is 9.64. The Kier molecular flexibility index (Phi) is 2.17. The van der Waals surface area contributed by atoms with Crippen LogP contribution in [-0.4, -0.2) is 9.97 Å². The van der Waals surface area contributed by atoms with Crippen molar-refractivity contribution in [2.24, 2.45) is 0 Å². The van der Waals surface area contributed by atoms with E-state index in [1.165, 1.54) is 6.20 Å². The molecule has 0 amide bonds. The van der Waals surface area contributed by atoms with E-state index in [1.807, 2.05) is 13.8 Å². The lowest BCUT2D eigenvalue weighted by Crippen LogP contribution is -1.91. The number of rotatable bonds is 1. The third kappa shape index (κ3) is 1.74. The van der Waals surface area contributed by atoms with Gasteiger partial charge in [-0.1, -0.05) is 20.4 Å². The van der Waals surface area contributed by atoms with E-state index in [-0.39, 0.29) is 0 Å². The monoisotopic (exact) mass is 147 g/mol. The molecule has 0 unspecified atom stereocenters. The molecule has 3 heteroatoms. The van der Waals surface area contributed by atoms with Gasteiger partial charge in [-0.2, -0.15) is 0 Å². The summed E-state index contributed by atoms with van der Waals surface area (Å²) in [5, 5.41) is 0. The van der Waals surface area contributed by atoms with Crippen LogP contribution >= 0.6 is 0 Å². The number of hydrogen-bond donors (Lipinski definition) is 0. The minimum atomic E-state index is 0.356. The van der Waals surface area contributed by atoms with E-state index in [1.54, 1.807) is 6.20 Å². The number of aromatic nitrogens is 2. The molecule has 0 spiro atoms. The number of nitrogens with zero attached hydrogens (tertiary/aromatic N) is 3. The maximum absolute atomic E-state index is 6.64. The second kappa shape index (κ2) is 3.11. The molecule has 0 radical (unpaired) electrons. The highest BCUT2D eigenvalue weighted by molar-refractivity contribution is 5.31. The minimum Gasteiger partial charge on any atom is -0.359 e. The van der Waals surface area contributed by atoms with Crippen molar-refractivity contribution in [2.75, 3.05) is 0 Å². The Morgan fingerprint density at radius 2 is 2.09 bits per heavy atom. The van der Waals surface area contributed by atoms with Crippen molar-refractivity contribution in [3.63, 3.8) is 0 Å². The highest BCUT2D eigenvalue weighted by Gasteiger charge is 2.01. The van der Waals surface area contributed by atoms with Gasteiger partial charge in [0, 0.05) is 0 Å². The van der Waals surface area contributed by atoms with Gasteiger partial charge in [0.2, 0.25) is 0 Å². The Morgan fingerprint density at radius 1 is 1.36 bits per heavy atom. The van der Waals surface area contributed by atoms with Gasteiger partial charge in [0.05, 0.1) is 11.9 Å². The molecular formula is C8H9N3. The minimum absolute atomic E-state index is 0.356. The zero-order valence-corrected chi connectivity index (χ0v) is 6.57. The lowest BCUT2D eigenvalue weighted by molar-refractivity contribution is 0.814. The van der Waals surface area contributed by atoms with E-state index in [2.05, 4.69) is 14.8 Å². The van der Waals surface area contributed by atoms with Gasteiger partial charge < -0.3 is 4.85 Å². The van der Waals surface area contributed by atoms with Gasteiger partial charge in [-0.3, -0.25) is 4.98 Å². The Balaban J connectivity index is 2.94. The van der Waals surface area contributed by atoms with E-state index < -0.39 is 0 Å². The maximum Gasteiger partial charge on any atom is 0.287 e. The van der Waals surface area contributed by atoms with Crippen LogP contribution < -0.4 is 0 Å². The second-order valence-electron chi connectivity index (χ2n) is 2.57. The first-order valence-electron chi connectivity index (χ1n) is 3.43. The van der Waals surface area contributed by atoms with Gasteiger partial charge in [0.25, 0.3) is 5.82 Å². The largest absolute Gasteiger partial charge is 0.359 e. The summed E-state index contributed by atoms with van der Waals surface area (Å²) in [5.41, 5.74) is 0.928. The van der Waals surface area contributed by atoms with E-state index in [4.69, 9.17) is 6.57 Å². The smallest absolute Gasteiger partial charge is 0.287 e. The van der Waals surface area contributed by atoms with Crippen molar-refractivity contribution >= 4 is 5.82 Å². The van der Waals surface area contributed by atoms with E-state index in [0.717, 1.165) is 5.69 Å². The molecule has 0 fully saturated rings. The summed E-state index contributed by atoms with van der Waals surface area (Å²) in [6, 6.07) is 0. The van der Waals surface area contributed by atoms with Gasteiger partial charge in [-0.05, 0) is 5.92 Å². The third-order valence-corrected chi connectivity index (χ3v) is 1.36. The van der Waals surface area contributed by atoms with Crippen LogP contribution in [0.4, 0.5) is 5.82 Å². The van der Waals surface area contributed by atoms with Crippen LogP contribution in [0, 0.1) is 6.57 Å². The first-order chi connectivity index (χ1) is 5.24. The Bertz CT molecular complexity index is 268. The van der Waals surface area contributed by atoms with Gasteiger partial charge in [0.1, 0.15) is 6.20 Å². The molecule has 0 N–H and O–H groups in total. The standard InChI is InChI=1S/C8H9N3/c1-6(2)7-4-11-8(9-3)5-10-7/h4-6H,1-2H3. The van der Waals surface area contributed by atoms with Crippen molar-refractivity contribution in [2.45, 2.75) is 19.8 Å². The second-order valence-corrected chi connectivity index (χ2v) is 2.57. The van der Waals surface area contributed by atoms with Crippen LogP contribution in [0.5, 0.6) is 0 Å². The van der Waals surface area contributed by atoms with Crippen molar-refractivity contribution in [1.29, 1.82) is 0 Å². The predicted molar refractivity (Wildman–Crippen MR) is 42.4 cm³/mol. The van der Waals surface area contributed by atoms with Crippen LogP contribution in [0.25, 0.3) is 4.85 Å². The summed E-state index contributed by atoms with van der Waals surface area (Å²) >= 11 is 0. The molecule has 0 saturated carbocycles. The fourth-order valence-electron chi connectivity index (χ4n) is 0.687. The molecule has 0 bridgehead atoms. The summed E-state index contributed by atoms with van der Waals surface area (Å²) < 4.78 is 0. The van der Waals surface area contributed by atoms with Crippen molar-refractivity contribution in [3.8, 4) is 0 Å². The molecule has 1 rings (SSSR count). The van der Waals surface area contributed by atoms with Crippen LogP contribution in [0.15, 0.2) is 12.4 Å². The van der Waals surface area contributed by atoms with Crippen molar-refractivity contribution < 1.29 is 0 Å². The highest BCUT2D eigenvalue weighted by Crippen LogP contribution is 2.11. The molecular weight excluding hydrogens is 138 g/mol. The lowest BCUT2D eigenvalue weighted by Gasteiger charge is -1.99. The van der Waals surface area contributed by atoms with Crippen LogP contribution in [-0.2, 0) is 0 Å². The zero-order valence-electron chi connectivity index (χ0n) is 6.57. The average Bonchev–Trinajstić information content (AvgIpc) is 2.05. The molecule has 0 saturated heterocycles. The Hall–Kier alpha value is -1.43. The molecule has 1 aromatic rings. The van der Waals surface area contributed by atoms with Crippen LogP contribution in [0.2, 0.25) is 0 Å². The summed E-state index contributed by atoms with van der Waals surface area (Å²) in [4.78, 5) is 11.1. The quantitative estimate of drug-likeness (QED) is 0.570. The molecule has 0 aliphatic carbocycles. The molecule has 0 aliphatic heterocycles. The Labute approximate surface area is 65.9 Å². The first kappa shape index (κ1) is 7.67. The number of hydrogen-bond acceptors (Lipinski definition) is 2. The van der Waals surface area contributed by atoms with Crippen molar-refractivity contribution in [1.82, 2.24) is 9.97 Å². The van der Waals surface area contributed by atoms with Gasteiger partial charge in [0.15, 0.2) is 0 Å². The molecule has 1 heterocycles. The molecule has 0 aromatic carbocycles. The zero-order chi connectivity index (χ0) is 8.27. The lowest BCUT2D eigenvalue weighted by atomic mass is 10.1. The van der Waals surface area contributed by atoms with Gasteiger partial charge >= 0.3 is 0 Å². The summed E-state index contributed by atoms with van der Waals surface area (Å²) in [6.45, 7) is 10.7. The molecule has 3 nitrogen and oxygen atoms in total. The highest BCUT2D eigenvalue weighted by atomic mass is 14.9. The molecule has 56 valence electrons. The topological polar surface area (TPSA) is 30.1 Å². The Morgan fingerprint density at radius 3 is 2.45 bits per heavy atom. The van der Waals surface area contributed by atoms with Gasteiger partial charge in [-0.25, -0.2) is 0 Å². The van der Waals surface area contributed by atoms with E-state index in [9.17, 15) is 0 Å². The first-order valence-corrected chi connectivity index (χ1v) is 3.43. The van der Waals surface area contributed by atoms with E-state index in [0.29, 0.717) is 11.7 Å². The van der Waals surface area contributed by atoms with Gasteiger partial charge in [-0.15, -0.1) is 4.98 Å². The van der Waals surface area contributed by atoms with Crippen molar-refractivity contribution in [3.05, 3.63) is 29.5 Å². The molecule has 0 atom stereocenters. The molecule has 11 heavy (non-hydrogen) atoms. The van der Waals surface area contributed by atoms with Crippen LogP contribution in [0.3, 0.4) is 0 Å². The summed E-state index contributed by atoms with van der Waals surface area (Å²) in [6.07, 6.45) is 3.15. The maximum atomic E-state index is 6.64. The third-order valence-electron chi connectivity index (χ3n) is 1.36. The SMILES string of the molecule is [C-]#[N+]c1cnc(C(C)C)cn1. The predicted octanol–water partition coefficient (Wildman–Crippen LogP) is 2.15. The molecule has 0 aliphatic rings. The summed E-state index contributed by atoms with van der Waals surface area (Å²) in [5.74, 6) is 0.733.